The maximum atomic E-state index is 11.9. The number of nitrogens with one attached hydrogen (secondary N) is 1. The summed E-state index contributed by atoms with van der Waals surface area (Å²) >= 11 is 5.76. The number of benzene rings is 1. The Balaban J connectivity index is 2.02. The van der Waals surface area contributed by atoms with Crippen LogP contribution in [0, 0.1) is 0 Å². The van der Waals surface area contributed by atoms with Gasteiger partial charge in [0.2, 0.25) is 10.0 Å². The highest BCUT2D eigenvalue weighted by atomic mass is 35.5. The van der Waals surface area contributed by atoms with Crippen LogP contribution in [-0.2, 0) is 23.6 Å². The maximum Gasteiger partial charge on any atom is 0.234 e. The van der Waals surface area contributed by atoms with Gasteiger partial charge in [0.05, 0.1) is 6.20 Å². The van der Waals surface area contributed by atoms with Crippen molar-refractivity contribution in [2.24, 2.45) is 7.05 Å². The van der Waals surface area contributed by atoms with E-state index in [0.717, 1.165) is 11.0 Å². The summed E-state index contributed by atoms with van der Waals surface area (Å²) in [4.78, 5) is 0. The quantitative estimate of drug-likeness (QED) is 0.875. The molecule has 0 aliphatic heterocycles. The van der Waals surface area contributed by atoms with E-state index in [1.165, 1.54) is 17.0 Å². The van der Waals surface area contributed by atoms with Gasteiger partial charge in [0.15, 0.2) is 0 Å². The molecule has 2 rings (SSSR count). The number of nitrogens with zero attached hydrogens (tertiary/aromatic N) is 2. The predicted octanol–water partition coefficient (Wildman–Crippen LogP) is 1.75. The van der Waals surface area contributed by atoms with Crippen LogP contribution < -0.4 is 10.5 Å². The number of halogens is 1. The number of rotatable bonds is 5. The lowest BCUT2D eigenvalue weighted by Crippen LogP contribution is -2.21. The summed E-state index contributed by atoms with van der Waals surface area (Å²) in [7, 11) is -1.86. The van der Waals surface area contributed by atoms with E-state index < -0.39 is 10.0 Å². The molecule has 0 saturated carbocycles. The molecule has 1 aromatic heterocycles. The zero-order valence-electron chi connectivity index (χ0n) is 11.3. The number of nitrogens with two attached hydrogens (primary N) is 1. The summed E-state index contributed by atoms with van der Waals surface area (Å²) in [6.45, 7) is 0.0902. The Hall–Kier alpha value is -1.83. The van der Waals surface area contributed by atoms with Gasteiger partial charge in [-0.15, -0.1) is 0 Å². The van der Waals surface area contributed by atoms with Crippen LogP contribution in [0.2, 0.25) is 5.02 Å². The fourth-order valence-electron chi connectivity index (χ4n) is 1.60. The van der Waals surface area contributed by atoms with Crippen LogP contribution in [0.4, 0.5) is 5.82 Å². The second kappa shape index (κ2) is 6.30. The largest absolute Gasteiger partial charge is 0.384 e. The first-order chi connectivity index (χ1) is 9.87. The Labute approximate surface area is 128 Å². The second-order valence-electron chi connectivity index (χ2n) is 4.40. The molecule has 0 spiro atoms. The molecule has 2 aromatic rings. The number of nitrogen functional groups attached to an aromatic ring is 1. The first-order valence-corrected chi connectivity index (χ1v) is 7.99. The summed E-state index contributed by atoms with van der Waals surface area (Å²) in [5, 5.41) is 5.64. The molecule has 3 N–H and O–H groups in total. The van der Waals surface area contributed by atoms with Crippen molar-refractivity contribution >= 4 is 33.5 Å². The van der Waals surface area contributed by atoms with E-state index in [-0.39, 0.29) is 6.54 Å². The van der Waals surface area contributed by atoms with Crippen LogP contribution in [0.3, 0.4) is 0 Å². The first kappa shape index (κ1) is 15.6. The Morgan fingerprint density at radius 1 is 1.38 bits per heavy atom. The van der Waals surface area contributed by atoms with Crippen molar-refractivity contribution in [2.45, 2.75) is 6.54 Å². The molecule has 1 aromatic carbocycles. The van der Waals surface area contributed by atoms with Gasteiger partial charge in [-0.3, -0.25) is 4.68 Å². The molecule has 21 heavy (non-hydrogen) atoms. The van der Waals surface area contributed by atoms with Crippen molar-refractivity contribution in [2.75, 3.05) is 5.73 Å². The van der Waals surface area contributed by atoms with Crippen LogP contribution in [0.5, 0.6) is 0 Å². The van der Waals surface area contributed by atoms with Crippen LogP contribution in [-0.4, -0.2) is 18.2 Å². The fourth-order valence-corrected chi connectivity index (χ4v) is 2.51. The van der Waals surface area contributed by atoms with Crippen LogP contribution >= 0.6 is 11.6 Å². The maximum absolute atomic E-state index is 11.9. The van der Waals surface area contributed by atoms with Crippen molar-refractivity contribution in [1.29, 1.82) is 0 Å². The fraction of sp³-hybridized carbons (Fsp3) is 0.154. The molecule has 0 atom stereocenters. The molecule has 0 radical (unpaired) electrons. The highest BCUT2D eigenvalue weighted by Gasteiger charge is 2.09. The molecule has 0 fully saturated rings. The number of hydrogen-bond acceptors (Lipinski definition) is 4. The minimum atomic E-state index is -3.55. The van der Waals surface area contributed by atoms with Crippen molar-refractivity contribution < 1.29 is 8.42 Å². The van der Waals surface area contributed by atoms with E-state index in [9.17, 15) is 8.42 Å². The minimum absolute atomic E-state index is 0.0902. The monoisotopic (exact) mass is 326 g/mol. The summed E-state index contributed by atoms with van der Waals surface area (Å²) in [5.41, 5.74) is 7.11. The summed E-state index contributed by atoms with van der Waals surface area (Å²) < 4.78 is 27.7. The number of anilines is 1. The third-order valence-electron chi connectivity index (χ3n) is 2.84. The number of aromatic nitrogens is 2. The van der Waals surface area contributed by atoms with Gasteiger partial charge in [-0.1, -0.05) is 23.7 Å². The topological polar surface area (TPSA) is 90.0 Å². The smallest absolute Gasteiger partial charge is 0.234 e. The van der Waals surface area contributed by atoms with Crippen molar-refractivity contribution in [3.8, 4) is 0 Å². The molecule has 0 saturated heterocycles. The Bertz CT molecular complexity index is 751. The average molecular weight is 327 g/mol. The number of aryl methyl sites for hydroxylation is 1. The van der Waals surface area contributed by atoms with Gasteiger partial charge in [-0.05, 0) is 23.8 Å². The molecular weight excluding hydrogens is 312 g/mol. The van der Waals surface area contributed by atoms with E-state index in [0.29, 0.717) is 16.4 Å². The molecule has 112 valence electrons. The number of sulfonamides is 1. The zero-order valence-corrected chi connectivity index (χ0v) is 12.9. The van der Waals surface area contributed by atoms with E-state index in [1.807, 2.05) is 0 Å². The summed E-state index contributed by atoms with van der Waals surface area (Å²) in [6.07, 6.45) is 3.02. The molecule has 0 bridgehead atoms. The highest BCUT2D eigenvalue weighted by Crippen LogP contribution is 2.12. The van der Waals surface area contributed by atoms with Gasteiger partial charge in [-0.25, -0.2) is 13.1 Å². The minimum Gasteiger partial charge on any atom is -0.384 e. The van der Waals surface area contributed by atoms with Crippen LogP contribution in [0.1, 0.15) is 11.1 Å². The second-order valence-corrected chi connectivity index (χ2v) is 6.49. The molecule has 0 unspecified atom stereocenters. The van der Waals surface area contributed by atoms with Gasteiger partial charge >= 0.3 is 0 Å². The molecule has 0 aliphatic carbocycles. The lowest BCUT2D eigenvalue weighted by molar-refractivity contribution is 0.591. The van der Waals surface area contributed by atoms with Crippen LogP contribution in [0.25, 0.3) is 6.08 Å². The zero-order chi connectivity index (χ0) is 15.5. The third-order valence-corrected chi connectivity index (χ3v) is 4.13. The van der Waals surface area contributed by atoms with Crippen molar-refractivity contribution in [3.05, 3.63) is 52.0 Å². The molecule has 0 aliphatic rings. The summed E-state index contributed by atoms with van der Waals surface area (Å²) in [6, 6.07) is 6.84. The molecule has 8 heteroatoms. The molecular formula is C13H15ClN4O2S. The lowest BCUT2D eigenvalue weighted by Gasteiger charge is -2.02. The van der Waals surface area contributed by atoms with E-state index in [1.54, 1.807) is 31.3 Å². The van der Waals surface area contributed by atoms with Gasteiger partial charge in [-0.2, -0.15) is 5.10 Å². The Morgan fingerprint density at radius 2 is 2.05 bits per heavy atom. The SMILES string of the molecule is Cn1ncc(CNS(=O)(=O)C=Cc2ccc(Cl)cc2)c1N. The Kier molecular flexibility index (Phi) is 4.66. The van der Waals surface area contributed by atoms with Gasteiger partial charge < -0.3 is 5.73 Å². The molecule has 1 heterocycles. The Morgan fingerprint density at radius 3 is 2.62 bits per heavy atom. The molecule has 0 amide bonds. The number of hydrogen-bond donors (Lipinski definition) is 2. The van der Waals surface area contributed by atoms with Gasteiger partial charge in [0.1, 0.15) is 5.82 Å². The summed E-state index contributed by atoms with van der Waals surface area (Å²) in [5.74, 6) is 0.430. The standard InChI is InChI=1S/C13H15ClN4O2S/c1-18-13(15)11(8-16-18)9-17-21(19,20)7-6-10-2-4-12(14)5-3-10/h2-8,17H,9,15H2,1H3. The van der Waals surface area contributed by atoms with Gasteiger partial charge in [0.25, 0.3) is 0 Å². The first-order valence-electron chi connectivity index (χ1n) is 6.07. The average Bonchev–Trinajstić information content (AvgIpc) is 2.76. The van der Waals surface area contributed by atoms with Crippen molar-refractivity contribution in [1.82, 2.24) is 14.5 Å². The van der Waals surface area contributed by atoms with Crippen LogP contribution in [0.15, 0.2) is 35.9 Å². The van der Waals surface area contributed by atoms with E-state index in [2.05, 4.69) is 9.82 Å². The predicted molar refractivity (Wildman–Crippen MR) is 83.9 cm³/mol. The third kappa shape index (κ3) is 4.32. The normalized spacial score (nSPS) is 12.1. The van der Waals surface area contributed by atoms with E-state index in [4.69, 9.17) is 17.3 Å². The van der Waals surface area contributed by atoms with E-state index >= 15 is 0 Å². The highest BCUT2D eigenvalue weighted by molar-refractivity contribution is 7.92. The molecule has 6 nitrogen and oxygen atoms in total. The lowest BCUT2D eigenvalue weighted by atomic mass is 10.2. The van der Waals surface area contributed by atoms with Gasteiger partial charge in [0, 0.05) is 29.6 Å². The van der Waals surface area contributed by atoms with Crippen molar-refractivity contribution in [3.63, 3.8) is 0 Å².